The summed E-state index contributed by atoms with van der Waals surface area (Å²) < 4.78 is 7.06. The third-order valence-electron chi connectivity index (χ3n) is 6.27. The lowest BCUT2D eigenvalue weighted by atomic mass is 9.97. The first kappa shape index (κ1) is 23.3. The molecule has 0 amide bonds. The highest BCUT2D eigenvalue weighted by molar-refractivity contribution is 7.22. The van der Waals surface area contributed by atoms with E-state index in [0.29, 0.717) is 12.2 Å². The van der Waals surface area contributed by atoms with Crippen molar-refractivity contribution in [1.29, 1.82) is 0 Å². The smallest absolute Gasteiger partial charge is 0.195 e. The van der Waals surface area contributed by atoms with Gasteiger partial charge in [0.15, 0.2) is 5.78 Å². The molecule has 1 aromatic heterocycles. The van der Waals surface area contributed by atoms with Crippen molar-refractivity contribution >= 4 is 27.2 Å². The third-order valence-corrected chi connectivity index (χ3v) is 7.49. The van der Waals surface area contributed by atoms with E-state index in [-0.39, 0.29) is 12.4 Å². The number of hydrogen-bond donors (Lipinski definition) is 1. The molecule has 3 aromatic carbocycles. The van der Waals surface area contributed by atoms with Crippen molar-refractivity contribution in [3.63, 3.8) is 0 Å². The Bertz CT molecular complexity index is 1370. The second kappa shape index (κ2) is 10.9. The molecule has 5 heteroatoms. The maximum absolute atomic E-state index is 13.7. The molecule has 1 aliphatic heterocycles. The second-order valence-electron chi connectivity index (χ2n) is 8.59. The SMILES string of the molecule is O=C(c1ccc(C#CCO)cc1)c1c(-c2ccc(OCCN3CCCC3)cc2)sc2ccccc12. The third kappa shape index (κ3) is 5.31. The predicted molar refractivity (Wildman–Crippen MR) is 142 cm³/mol. The molecule has 5 rings (SSSR count). The standard InChI is InChI=1S/C30H27NO3S/c32-20-5-6-22-9-11-23(12-10-22)29(33)28-26-7-1-2-8-27(26)35-30(28)24-13-15-25(16-14-24)34-21-19-31-17-3-4-18-31/h1-2,7-16,32H,3-4,17-21H2. The Morgan fingerprint density at radius 1 is 0.971 bits per heavy atom. The molecular weight excluding hydrogens is 454 g/mol. The van der Waals surface area contributed by atoms with E-state index in [4.69, 9.17) is 9.84 Å². The minimum Gasteiger partial charge on any atom is -0.492 e. The minimum absolute atomic E-state index is 0.00921. The fraction of sp³-hybridized carbons (Fsp3) is 0.233. The number of rotatable bonds is 7. The number of carbonyl (C=O) groups is 1. The summed E-state index contributed by atoms with van der Waals surface area (Å²) in [5.74, 6) is 6.35. The molecule has 4 aromatic rings. The van der Waals surface area contributed by atoms with E-state index in [9.17, 15) is 4.79 Å². The average molecular weight is 482 g/mol. The number of nitrogens with zero attached hydrogens (tertiary/aromatic N) is 1. The Morgan fingerprint density at radius 3 is 2.46 bits per heavy atom. The van der Waals surface area contributed by atoms with E-state index in [1.165, 1.54) is 25.9 Å². The van der Waals surface area contributed by atoms with Gasteiger partial charge in [0, 0.05) is 38.2 Å². The van der Waals surface area contributed by atoms with Crippen LogP contribution in [-0.4, -0.2) is 48.6 Å². The van der Waals surface area contributed by atoms with Gasteiger partial charge in [0.1, 0.15) is 19.0 Å². The minimum atomic E-state index is -0.187. The van der Waals surface area contributed by atoms with Crippen molar-refractivity contribution in [1.82, 2.24) is 4.90 Å². The number of aliphatic hydroxyl groups excluding tert-OH is 1. The number of benzene rings is 3. The van der Waals surface area contributed by atoms with Gasteiger partial charge >= 0.3 is 0 Å². The molecular formula is C30H27NO3S. The predicted octanol–water partition coefficient (Wildman–Crippen LogP) is 5.62. The zero-order valence-corrected chi connectivity index (χ0v) is 20.3. The van der Waals surface area contributed by atoms with Crippen LogP contribution in [0.1, 0.15) is 34.3 Å². The lowest BCUT2D eigenvalue weighted by molar-refractivity contribution is 0.104. The molecule has 35 heavy (non-hydrogen) atoms. The molecule has 176 valence electrons. The van der Waals surface area contributed by atoms with Gasteiger partial charge in [0.05, 0.1) is 0 Å². The molecule has 1 fully saturated rings. The van der Waals surface area contributed by atoms with Gasteiger partial charge in [0.2, 0.25) is 0 Å². The van der Waals surface area contributed by atoms with Crippen molar-refractivity contribution < 1.29 is 14.6 Å². The summed E-state index contributed by atoms with van der Waals surface area (Å²) in [5, 5.41) is 9.87. The summed E-state index contributed by atoms with van der Waals surface area (Å²) in [4.78, 5) is 17.1. The highest BCUT2D eigenvalue weighted by atomic mass is 32.1. The van der Waals surface area contributed by atoms with Gasteiger partial charge in [-0.2, -0.15) is 0 Å². The number of fused-ring (bicyclic) bond motifs is 1. The molecule has 0 spiro atoms. The number of thiophene rings is 1. The first-order chi connectivity index (χ1) is 17.2. The summed E-state index contributed by atoms with van der Waals surface area (Å²) in [6.07, 6.45) is 2.57. The van der Waals surface area contributed by atoms with Crippen LogP contribution in [0.5, 0.6) is 5.75 Å². The molecule has 0 aliphatic carbocycles. The topological polar surface area (TPSA) is 49.8 Å². The van der Waals surface area contributed by atoms with Crippen LogP contribution in [-0.2, 0) is 0 Å². The van der Waals surface area contributed by atoms with Crippen LogP contribution in [0.2, 0.25) is 0 Å². The van der Waals surface area contributed by atoms with Crippen LogP contribution in [0.3, 0.4) is 0 Å². The second-order valence-corrected chi connectivity index (χ2v) is 9.64. The van der Waals surface area contributed by atoms with Crippen LogP contribution in [0.4, 0.5) is 0 Å². The van der Waals surface area contributed by atoms with Gasteiger partial charge in [-0.15, -0.1) is 11.3 Å². The van der Waals surface area contributed by atoms with Gasteiger partial charge in [-0.05, 0) is 86.1 Å². The van der Waals surface area contributed by atoms with Gasteiger partial charge < -0.3 is 9.84 Å². The molecule has 0 saturated carbocycles. The molecule has 0 bridgehead atoms. The first-order valence-corrected chi connectivity index (χ1v) is 12.8. The van der Waals surface area contributed by atoms with E-state index < -0.39 is 0 Å². The maximum Gasteiger partial charge on any atom is 0.195 e. The zero-order chi connectivity index (χ0) is 24.0. The molecule has 0 atom stereocenters. The normalized spacial score (nSPS) is 13.5. The Hall–Kier alpha value is -3.43. The molecule has 4 nitrogen and oxygen atoms in total. The fourth-order valence-electron chi connectivity index (χ4n) is 4.47. The number of carbonyl (C=O) groups excluding carboxylic acids is 1. The first-order valence-electron chi connectivity index (χ1n) is 11.9. The van der Waals surface area contributed by atoms with Crippen molar-refractivity contribution in [2.24, 2.45) is 0 Å². The zero-order valence-electron chi connectivity index (χ0n) is 19.5. The van der Waals surface area contributed by atoms with E-state index in [1.807, 2.05) is 54.6 Å². The van der Waals surface area contributed by atoms with Gasteiger partial charge in [-0.1, -0.05) is 30.0 Å². The molecule has 0 radical (unpaired) electrons. The fourth-order valence-corrected chi connectivity index (χ4v) is 5.67. The van der Waals surface area contributed by atoms with Crippen molar-refractivity contribution in [3.8, 4) is 28.0 Å². The van der Waals surface area contributed by atoms with Crippen LogP contribution in [0, 0.1) is 11.8 Å². The molecule has 1 N–H and O–H groups in total. The number of hydrogen-bond acceptors (Lipinski definition) is 5. The van der Waals surface area contributed by atoms with E-state index in [0.717, 1.165) is 43.9 Å². The van der Waals surface area contributed by atoms with Gasteiger partial charge in [-0.25, -0.2) is 0 Å². The monoisotopic (exact) mass is 481 g/mol. The lowest BCUT2D eigenvalue weighted by Crippen LogP contribution is -2.25. The quantitative estimate of drug-likeness (QED) is 0.275. The van der Waals surface area contributed by atoms with Crippen LogP contribution < -0.4 is 4.74 Å². The van der Waals surface area contributed by atoms with Gasteiger partial charge in [0.25, 0.3) is 0 Å². The summed E-state index contributed by atoms with van der Waals surface area (Å²) in [6.45, 7) is 3.80. The number of ether oxygens (including phenoxy) is 1. The lowest BCUT2D eigenvalue weighted by Gasteiger charge is -2.15. The van der Waals surface area contributed by atoms with Crippen LogP contribution in [0.25, 0.3) is 20.5 Å². The number of ketones is 1. The molecule has 0 unspecified atom stereocenters. The molecule has 1 aliphatic rings. The summed E-state index contributed by atoms with van der Waals surface area (Å²) >= 11 is 1.64. The van der Waals surface area contributed by atoms with Crippen LogP contribution in [0.15, 0.2) is 72.8 Å². The average Bonchev–Trinajstić information content (AvgIpc) is 3.56. The van der Waals surface area contributed by atoms with Crippen molar-refractivity contribution in [2.45, 2.75) is 12.8 Å². The Morgan fingerprint density at radius 2 is 1.71 bits per heavy atom. The Kier molecular flexibility index (Phi) is 7.25. The molecule has 2 heterocycles. The summed E-state index contributed by atoms with van der Waals surface area (Å²) in [7, 11) is 0. The maximum atomic E-state index is 13.7. The van der Waals surface area contributed by atoms with Gasteiger partial charge in [-0.3, -0.25) is 9.69 Å². The van der Waals surface area contributed by atoms with E-state index >= 15 is 0 Å². The van der Waals surface area contributed by atoms with E-state index in [2.05, 4.69) is 22.8 Å². The number of aliphatic hydroxyl groups is 1. The molecule has 1 saturated heterocycles. The van der Waals surface area contributed by atoms with Crippen molar-refractivity contribution in [2.75, 3.05) is 32.8 Å². The Labute approximate surface area is 209 Å². The Balaban J connectivity index is 1.41. The highest BCUT2D eigenvalue weighted by Gasteiger charge is 2.21. The largest absolute Gasteiger partial charge is 0.492 e. The summed E-state index contributed by atoms with van der Waals surface area (Å²) in [6, 6.07) is 23.4. The van der Waals surface area contributed by atoms with Crippen LogP contribution >= 0.6 is 11.3 Å². The number of likely N-dealkylation sites (tertiary alicyclic amines) is 1. The highest BCUT2D eigenvalue weighted by Crippen LogP contribution is 2.40. The summed E-state index contributed by atoms with van der Waals surface area (Å²) in [5.41, 5.74) is 3.12. The van der Waals surface area contributed by atoms with E-state index in [1.54, 1.807) is 23.5 Å². The van der Waals surface area contributed by atoms with Crippen molar-refractivity contribution in [3.05, 3.63) is 89.5 Å².